The van der Waals surface area contributed by atoms with Crippen LogP contribution in [0.4, 0.5) is 17.2 Å². The second-order valence-corrected chi connectivity index (χ2v) is 4.82. The number of benzene rings is 1. The van der Waals surface area contributed by atoms with Crippen molar-refractivity contribution in [2.24, 2.45) is 0 Å². The largest absolute Gasteiger partial charge is 0.338 e. The van der Waals surface area contributed by atoms with Crippen LogP contribution in [0.5, 0.6) is 0 Å². The highest BCUT2D eigenvalue weighted by Crippen LogP contribution is 2.28. The predicted octanol–water partition coefficient (Wildman–Crippen LogP) is 3.03. The van der Waals surface area contributed by atoms with Crippen molar-refractivity contribution in [3.63, 3.8) is 0 Å². The molecule has 0 unspecified atom stereocenters. The van der Waals surface area contributed by atoms with Gasteiger partial charge in [-0.05, 0) is 12.5 Å². The van der Waals surface area contributed by atoms with Gasteiger partial charge in [-0.3, -0.25) is 10.1 Å². The van der Waals surface area contributed by atoms with Crippen LogP contribution in [-0.4, -0.2) is 24.9 Å². The molecule has 0 aliphatic carbocycles. The predicted molar refractivity (Wildman–Crippen MR) is 81.3 cm³/mol. The fourth-order valence-corrected chi connectivity index (χ4v) is 2.11. The standard InChI is InChI=1S/C13H9ClN6O2/c1-7-2-3-8(20(21)22)4-9(7)19-13-11-10(15-6-18-13)12(14)17-5-16-11/h2-6H,1H3,(H,15,18,19). The van der Waals surface area contributed by atoms with Crippen LogP contribution in [0.2, 0.25) is 5.15 Å². The zero-order valence-corrected chi connectivity index (χ0v) is 12.1. The van der Waals surface area contributed by atoms with Crippen LogP contribution in [0.3, 0.4) is 0 Å². The lowest BCUT2D eigenvalue weighted by Gasteiger charge is -2.10. The number of halogens is 1. The van der Waals surface area contributed by atoms with Crippen LogP contribution < -0.4 is 5.32 Å². The first-order valence-corrected chi connectivity index (χ1v) is 6.57. The summed E-state index contributed by atoms with van der Waals surface area (Å²) in [5.74, 6) is 0.401. The number of hydrogen-bond acceptors (Lipinski definition) is 7. The fourth-order valence-electron chi connectivity index (χ4n) is 1.93. The lowest BCUT2D eigenvalue weighted by molar-refractivity contribution is -0.384. The molecule has 0 radical (unpaired) electrons. The SMILES string of the molecule is Cc1ccc([N+](=O)[O-])cc1Nc1ncnc2c(Cl)ncnc12. The van der Waals surface area contributed by atoms with Crippen molar-refractivity contribution in [2.75, 3.05) is 5.32 Å². The zero-order chi connectivity index (χ0) is 15.7. The first-order valence-electron chi connectivity index (χ1n) is 6.19. The van der Waals surface area contributed by atoms with Crippen molar-refractivity contribution in [3.8, 4) is 0 Å². The molecule has 1 N–H and O–H groups in total. The Morgan fingerprint density at radius 2 is 1.86 bits per heavy atom. The Morgan fingerprint density at radius 1 is 1.14 bits per heavy atom. The smallest absolute Gasteiger partial charge is 0.271 e. The molecule has 0 fully saturated rings. The van der Waals surface area contributed by atoms with E-state index in [1.165, 1.54) is 24.8 Å². The molecule has 22 heavy (non-hydrogen) atoms. The third-order valence-corrected chi connectivity index (χ3v) is 3.34. The molecule has 1 aromatic carbocycles. The van der Waals surface area contributed by atoms with Gasteiger partial charge < -0.3 is 5.32 Å². The summed E-state index contributed by atoms with van der Waals surface area (Å²) in [5, 5.41) is 14.1. The molecule has 0 amide bonds. The summed E-state index contributed by atoms with van der Waals surface area (Å²) in [6.45, 7) is 1.83. The molecule has 9 heteroatoms. The number of nitro groups is 1. The van der Waals surface area contributed by atoms with Gasteiger partial charge in [0.2, 0.25) is 0 Å². The Kier molecular flexibility index (Phi) is 3.51. The first-order chi connectivity index (χ1) is 10.6. The topological polar surface area (TPSA) is 107 Å². The van der Waals surface area contributed by atoms with Gasteiger partial charge in [0.25, 0.3) is 5.69 Å². The molecule has 3 aromatic rings. The molecule has 0 saturated carbocycles. The van der Waals surface area contributed by atoms with Crippen LogP contribution in [0, 0.1) is 17.0 Å². The molecule has 0 bridgehead atoms. The summed E-state index contributed by atoms with van der Waals surface area (Å²) in [6.07, 6.45) is 2.63. The maximum absolute atomic E-state index is 10.9. The average Bonchev–Trinajstić information content (AvgIpc) is 2.50. The molecule has 2 heterocycles. The fraction of sp³-hybridized carbons (Fsp3) is 0.0769. The highest BCUT2D eigenvalue weighted by Gasteiger charge is 2.13. The van der Waals surface area contributed by atoms with Crippen molar-refractivity contribution in [1.82, 2.24) is 19.9 Å². The number of hydrogen-bond donors (Lipinski definition) is 1. The van der Waals surface area contributed by atoms with E-state index in [2.05, 4.69) is 25.3 Å². The van der Waals surface area contributed by atoms with E-state index in [1.807, 2.05) is 6.92 Å². The van der Waals surface area contributed by atoms with Gasteiger partial charge in [0.05, 0.1) is 4.92 Å². The molecule has 0 saturated heterocycles. The van der Waals surface area contributed by atoms with E-state index >= 15 is 0 Å². The van der Waals surface area contributed by atoms with Gasteiger partial charge in [-0.1, -0.05) is 17.7 Å². The second kappa shape index (κ2) is 5.49. The van der Waals surface area contributed by atoms with Gasteiger partial charge in [0, 0.05) is 17.8 Å². The number of rotatable bonds is 3. The second-order valence-electron chi connectivity index (χ2n) is 4.47. The monoisotopic (exact) mass is 316 g/mol. The number of fused-ring (bicyclic) bond motifs is 1. The van der Waals surface area contributed by atoms with Gasteiger partial charge in [0.15, 0.2) is 11.0 Å². The van der Waals surface area contributed by atoms with Crippen LogP contribution in [0.15, 0.2) is 30.9 Å². The van der Waals surface area contributed by atoms with Crippen LogP contribution in [0.25, 0.3) is 11.0 Å². The van der Waals surface area contributed by atoms with Crippen LogP contribution in [0.1, 0.15) is 5.56 Å². The lowest BCUT2D eigenvalue weighted by atomic mass is 10.2. The lowest BCUT2D eigenvalue weighted by Crippen LogP contribution is -2.00. The molecule has 0 atom stereocenters. The molecule has 3 rings (SSSR count). The van der Waals surface area contributed by atoms with E-state index in [4.69, 9.17) is 11.6 Å². The molecular formula is C13H9ClN6O2. The maximum atomic E-state index is 10.9. The molecule has 110 valence electrons. The van der Waals surface area contributed by atoms with Gasteiger partial charge in [-0.15, -0.1) is 0 Å². The maximum Gasteiger partial charge on any atom is 0.271 e. The minimum atomic E-state index is -0.457. The van der Waals surface area contributed by atoms with Crippen LogP contribution >= 0.6 is 11.6 Å². The summed E-state index contributed by atoms with van der Waals surface area (Å²) >= 11 is 5.97. The Hall–Kier alpha value is -2.87. The molecule has 8 nitrogen and oxygen atoms in total. The number of nitro benzene ring substituents is 1. The van der Waals surface area contributed by atoms with Gasteiger partial charge in [-0.2, -0.15) is 0 Å². The van der Waals surface area contributed by atoms with E-state index < -0.39 is 4.92 Å². The number of aromatic nitrogens is 4. The minimum Gasteiger partial charge on any atom is -0.338 e. The highest BCUT2D eigenvalue weighted by atomic mass is 35.5. The number of anilines is 2. The third-order valence-electron chi connectivity index (χ3n) is 3.06. The van der Waals surface area contributed by atoms with E-state index in [0.717, 1.165) is 5.56 Å². The highest BCUT2D eigenvalue weighted by molar-refractivity contribution is 6.33. The average molecular weight is 317 g/mol. The molecule has 0 spiro atoms. The zero-order valence-electron chi connectivity index (χ0n) is 11.3. The summed E-state index contributed by atoms with van der Waals surface area (Å²) in [6, 6.07) is 4.54. The molecule has 0 aliphatic rings. The first kappa shape index (κ1) is 14.1. The van der Waals surface area contributed by atoms with Gasteiger partial charge in [-0.25, -0.2) is 19.9 Å². The van der Waals surface area contributed by atoms with Crippen LogP contribution in [-0.2, 0) is 0 Å². The number of aryl methyl sites for hydroxylation is 1. The Bertz CT molecular complexity index is 886. The normalized spacial score (nSPS) is 10.6. The quantitative estimate of drug-likeness (QED) is 0.449. The Labute approximate surface area is 129 Å². The van der Waals surface area contributed by atoms with E-state index in [-0.39, 0.29) is 10.8 Å². The van der Waals surface area contributed by atoms with E-state index in [0.29, 0.717) is 22.5 Å². The Balaban J connectivity index is 2.09. The van der Waals surface area contributed by atoms with Gasteiger partial charge in [0.1, 0.15) is 23.7 Å². The molecule has 0 aliphatic heterocycles. The number of non-ortho nitro benzene ring substituents is 1. The summed E-state index contributed by atoms with van der Waals surface area (Å²) in [7, 11) is 0. The minimum absolute atomic E-state index is 0.0147. The van der Waals surface area contributed by atoms with Crippen molar-refractivity contribution in [1.29, 1.82) is 0 Å². The Morgan fingerprint density at radius 3 is 2.64 bits per heavy atom. The number of nitrogens with one attached hydrogen (secondary N) is 1. The van der Waals surface area contributed by atoms with Crippen molar-refractivity contribution in [2.45, 2.75) is 6.92 Å². The van der Waals surface area contributed by atoms with Crippen molar-refractivity contribution < 1.29 is 4.92 Å². The van der Waals surface area contributed by atoms with Crippen molar-refractivity contribution in [3.05, 3.63) is 51.7 Å². The number of nitrogens with zero attached hydrogens (tertiary/aromatic N) is 5. The van der Waals surface area contributed by atoms with E-state index in [1.54, 1.807) is 6.07 Å². The van der Waals surface area contributed by atoms with E-state index in [9.17, 15) is 10.1 Å². The molecular weight excluding hydrogens is 308 g/mol. The third kappa shape index (κ3) is 2.51. The molecule has 2 aromatic heterocycles. The summed E-state index contributed by atoms with van der Waals surface area (Å²) in [4.78, 5) is 26.5. The van der Waals surface area contributed by atoms with Crippen molar-refractivity contribution >= 4 is 39.8 Å². The summed E-state index contributed by atoms with van der Waals surface area (Å²) in [5.41, 5.74) is 2.22. The summed E-state index contributed by atoms with van der Waals surface area (Å²) < 4.78 is 0. The van der Waals surface area contributed by atoms with Gasteiger partial charge >= 0.3 is 0 Å².